The number of benzene rings is 1. The molecule has 1 spiro atoms. The molecule has 2 amide bonds. The number of carbonyl (C=O) groups is 2. The number of ether oxygens (including phenoxy) is 1. The van der Waals surface area contributed by atoms with E-state index in [2.05, 4.69) is 5.32 Å². The van der Waals surface area contributed by atoms with Crippen molar-refractivity contribution in [1.29, 1.82) is 5.26 Å². The summed E-state index contributed by atoms with van der Waals surface area (Å²) in [5.74, 6) is -0.128. The molecule has 2 fully saturated rings. The first-order valence-electron chi connectivity index (χ1n) is 8.77. The highest BCUT2D eigenvalue weighted by Crippen LogP contribution is 2.31. The van der Waals surface area contributed by atoms with E-state index in [1.54, 1.807) is 29.2 Å². The summed E-state index contributed by atoms with van der Waals surface area (Å²) in [6.07, 6.45) is 0. The zero-order valence-corrected chi connectivity index (χ0v) is 15.4. The smallest absolute Gasteiger partial charge is 0.254 e. The molecule has 2 saturated heterocycles. The number of morpholine rings is 1. The second-order valence-corrected chi connectivity index (χ2v) is 7.44. The summed E-state index contributed by atoms with van der Waals surface area (Å²) in [5.41, 5.74) is 0.572. The standard InChI is InChI=1S/C19H24N4O3/c1-13(2)21-17(24)16-9-26-19(10-22(16)3)11-23(12-19)18(25)15-6-4-5-14(7-15)8-20/h4-7,13,16H,9-12H2,1-3H3,(H,21,24). The number of nitrogens with zero attached hydrogens (tertiary/aromatic N) is 3. The molecule has 1 N–H and O–H groups in total. The van der Waals surface area contributed by atoms with Gasteiger partial charge in [-0.3, -0.25) is 14.5 Å². The molecular formula is C19H24N4O3. The largest absolute Gasteiger partial charge is 0.368 e. The van der Waals surface area contributed by atoms with E-state index in [0.717, 1.165) is 0 Å². The molecule has 2 aliphatic heterocycles. The first-order valence-corrected chi connectivity index (χ1v) is 8.77. The number of hydrogen-bond donors (Lipinski definition) is 1. The van der Waals surface area contributed by atoms with E-state index in [-0.39, 0.29) is 23.9 Å². The number of nitriles is 1. The van der Waals surface area contributed by atoms with Crippen LogP contribution in [0.25, 0.3) is 0 Å². The molecule has 3 rings (SSSR count). The van der Waals surface area contributed by atoms with Crippen LogP contribution in [0.2, 0.25) is 0 Å². The van der Waals surface area contributed by atoms with Gasteiger partial charge in [-0.1, -0.05) is 6.07 Å². The maximum Gasteiger partial charge on any atom is 0.254 e. The van der Waals surface area contributed by atoms with Crippen molar-refractivity contribution >= 4 is 11.8 Å². The molecule has 2 aliphatic rings. The average molecular weight is 356 g/mol. The van der Waals surface area contributed by atoms with Gasteiger partial charge < -0.3 is 15.0 Å². The van der Waals surface area contributed by atoms with E-state index in [1.807, 2.05) is 31.9 Å². The monoisotopic (exact) mass is 356 g/mol. The van der Waals surface area contributed by atoms with E-state index >= 15 is 0 Å². The van der Waals surface area contributed by atoms with Crippen LogP contribution in [-0.2, 0) is 9.53 Å². The topological polar surface area (TPSA) is 85.7 Å². The Morgan fingerprint density at radius 1 is 1.35 bits per heavy atom. The van der Waals surface area contributed by atoms with Crippen molar-refractivity contribution in [2.45, 2.75) is 31.5 Å². The van der Waals surface area contributed by atoms with Crippen molar-refractivity contribution in [3.05, 3.63) is 35.4 Å². The van der Waals surface area contributed by atoms with Crippen molar-refractivity contribution in [2.24, 2.45) is 0 Å². The van der Waals surface area contributed by atoms with Crippen LogP contribution in [0.5, 0.6) is 0 Å². The van der Waals surface area contributed by atoms with Crippen molar-refractivity contribution in [3.8, 4) is 6.07 Å². The van der Waals surface area contributed by atoms with Crippen molar-refractivity contribution in [1.82, 2.24) is 15.1 Å². The highest BCUT2D eigenvalue weighted by Gasteiger charge is 2.51. The number of hydrogen-bond acceptors (Lipinski definition) is 5. The van der Waals surface area contributed by atoms with E-state index < -0.39 is 5.60 Å². The Morgan fingerprint density at radius 2 is 2.08 bits per heavy atom. The lowest BCUT2D eigenvalue weighted by Crippen LogP contribution is -2.73. The maximum absolute atomic E-state index is 12.6. The maximum atomic E-state index is 12.6. The predicted octanol–water partition coefficient (Wildman–Crippen LogP) is 0.608. The molecule has 1 aromatic carbocycles. The molecule has 0 saturated carbocycles. The Balaban J connectivity index is 1.58. The van der Waals surface area contributed by atoms with E-state index in [0.29, 0.717) is 37.4 Å². The van der Waals surface area contributed by atoms with Gasteiger partial charge in [0.05, 0.1) is 31.3 Å². The SMILES string of the molecule is CC(C)NC(=O)C1COC2(CN(C(=O)c3cccc(C#N)c3)C2)CN1C. The Kier molecular flexibility index (Phi) is 4.99. The summed E-state index contributed by atoms with van der Waals surface area (Å²) < 4.78 is 6.00. The van der Waals surface area contributed by atoms with Crippen LogP contribution in [0.4, 0.5) is 0 Å². The second kappa shape index (κ2) is 7.06. The molecule has 0 aromatic heterocycles. The lowest BCUT2D eigenvalue weighted by molar-refractivity contribution is -0.187. The van der Waals surface area contributed by atoms with Gasteiger partial charge in [0.25, 0.3) is 5.91 Å². The van der Waals surface area contributed by atoms with E-state index in [4.69, 9.17) is 10.00 Å². The third kappa shape index (κ3) is 3.57. The van der Waals surface area contributed by atoms with Crippen LogP contribution in [0, 0.1) is 11.3 Å². The minimum absolute atomic E-state index is 0.0297. The number of carbonyl (C=O) groups excluding carboxylic acids is 2. The Hall–Kier alpha value is -2.43. The van der Waals surface area contributed by atoms with Crippen molar-refractivity contribution in [3.63, 3.8) is 0 Å². The minimum Gasteiger partial charge on any atom is -0.368 e. The Morgan fingerprint density at radius 3 is 2.69 bits per heavy atom. The first-order chi connectivity index (χ1) is 12.3. The second-order valence-electron chi connectivity index (χ2n) is 7.44. The number of rotatable bonds is 3. The molecule has 2 heterocycles. The van der Waals surface area contributed by atoms with Crippen LogP contribution in [-0.4, -0.2) is 72.6 Å². The summed E-state index contributed by atoms with van der Waals surface area (Å²) in [6, 6.07) is 8.54. The fourth-order valence-corrected chi connectivity index (χ4v) is 3.54. The summed E-state index contributed by atoms with van der Waals surface area (Å²) in [5, 5.41) is 11.9. The highest BCUT2D eigenvalue weighted by atomic mass is 16.5. The zero-order valence-electron chi connectivity index (χ0n) is 15.4. The Bertz CT molecular complexity index is 749. The lowest BCUT2D eigenvalue weighted by Gasteiger charge is -2.54. The molecular weight excluding hydrogens is 332 g/mol. The van der Waals surface area contributed by atoms with Gasteiger partial charge in [-0.2, -0.15) is 5.26 Å². The average Bonchev–Trinajstić information content (AvgIpc) is 2.58. The van der Waals surface area contributed by atoms with Gasteiger partial charge in [0.1, 0.15) is 11.6 Å². The van der Waals surface area contributed by atoms with Gasteiger partial charge in [0.2, 0.25) is 5.91 Å². The predicted molar refractivity (Wildman–Crippen MR) is 95.4 cm³/mol. The number of likely N-dealkylation sites (tertiary alicyclic amines) is 1. The van der Waals surface area contributed by atoms with Crippen molar-refractivity contribution < 1.29 is 14.3 Å². The van der Waals surface area contributed by atoms with E-state index in [1.165, 1.54) is 0 Å². The minimum atomic E-state index is -0.411. The fraction of sp³-hybridized carbons (Fsp3) is 0.526. The Labute approximate surface area is 153 Å². The number of likely N-dealkylation sites (N-methyl/N-ethyl adjacent to an activating group) is 1. The quantitative estimate of drug-likeness (QED) is 0.858. The van der Waals surface area contributed by atoms with Crippen LogP contribution in [0.15, 0.2) is 24.3 Å². The van der Waals surface area contributed by atoms with Crippen LogP contribution in [0.1, 0.15) is 29.8 Å². The summed E-state index contributed by atoms with van der Waals surface area (Å²) in [7, 11) is 1.91. The molecule has 0 aliphatic carbocycles. The third-order valence-corrected chi connectivity index (χ3v) is 4.83. The molecule has 26 heavy (non-hydrogen) atoms. The van der Waals surface area contributed by atoms with Crippen LogP contribution in [0.3, 0.4) is 0 Å². The lowest BCUT2D eigenvalue weighted by atomic mass is 9.89. The molecule has 7 heteroatoms. The number of nitrogens with one attached hydrogen (secondary N) is 1. The van der Waals surface area contributed by atoms with Gasteiger partial charge in [0.15, 0.2) is 0 Å². The molecule has 1 aromatic rings. The molecule has 1 atom stereocenters. The molecule has 7 nitrogen and oxygen atoms in total. The van der Waals surface area contributed by atoms with Gasteiger partial charge >= 0.3 is 0 Å². The normalized spacial score (nSPS) is 22.0. The molecule has 0 bridgehead atoms. The van der Waals surface area contributed by atoms with Gasteiger partial charge in [-0.25, -0.2) is 0 Å². The number of amides is 2. The molecule has 1 unspecified atom stereocenters. The van der Waals surface area contributed by atoms with Crippen LogP contribution < -0.4 is 5.32 Å². The van der Waals surface area contributed by atoms with Crippen molar-refractivity contribution in [2.75, 3.05) is 33.3 Å². The highest BCUT2D eigenvalue weighted by molar-refractivity contribution is 5.95. The summed E-state index contributed by atoms with van der Waals surface area (Å²) in [4.78, 5) is 28.5. The zero-order chi connectivity index (χ0) is 18.9. The van der Waals surface area contributed by atoms with Crippen LogP contribution >= 0.6 is 0 Å². The fourth-order valence-electron chi connectivity index (χ4n) is 3.54. The first kappa shape index (κ1) is 18.4. The van der Waals surface area contributed by atoms with E-state index in [9.17, 15) is 9.59 Å². The summed E-state index contributed by atoms with van der Waals surface area (Å²) >= 11 is 0. The van der Waals surface area contributed by atoms with Gasteiger partial charge in [-0.15, -0.1) is 0 Å². The van der Waals surface area contributed by atoms with Gasteiger partial charge in [0, 0.05) is 18.2 Å². The van der Waals surface area contributed by atoms with Gasteiger partial charge in [-0.05, 0) is 39.1 Å². The molecule has 138 valence electrons. The molecule has 0 radical (unpaired) electrons. The third-order valence-electron chi connectivity index (χ3n) is 4.83. The summed E-state index contributed by atoms with van der Waals surface area (Å²) in [6.45, 7) is 5.77.